The van der Waals surface area contributed by atoms with E-state index in [2.05, 4.69) is 4.98 Å². The van der Waals surface area contributed by atoms with Crippen LogP contribution in [0.3, 0.4) is 0 Å². The number of pyridine rings is 1. The molecule has 6 heteroatoms. The smallest absolute Gasteiger partial charge is 0.169 e. The van der Waals surface area contributed by atoms with Gasteiger partial charge in [0, 0.05) is 24.5 Å². The van der Waals surface area contributed by atoms with Crippen LogP contribution in [-0.4, -0.2) is 49.2 Å². The second-order valence-corrected chi connectivity index (χ2v) is 7.40. The molecule has 1 unspecified atom stereocenters. The Kier molecular flexibility index (Phi) is 6.75. The zero-order chi connectivity index (χ0) is 20.1. The summed E-state index contributed by atoms with van der Waals surface area (Å²) in [4.78, 5) is 17.9. The molecule has 5 nitrogen and oxygen atoms in total. The number of hydrogen-bond acceptors (Lipinski definition) is 5. The van der Waals surface area contributed by atoms with Crippen LogP contribution < -0.4 is 4.74 Å². The number of carbonyl (C=O) groups is 1. The van der Waals surface area contributed by atoms with Crippen molar-refractivity contribution in [3.8, 4) is 5.75 Å². The maximum atomic E-state index is 15.0. The van der Waals surface area contributed by atoms with Gasteiger partial charge < -0.3 is 9.47 Å². The molecule has 1 aliphatic rings. The number of likely N-dealkylation sites (N-methyl/N-ethyl adjacent to an activating group) is 1. The number of aromatic nitrogens is 1. The summed E-state index contributed by atoms with van der Waals surface area (Å²) < 4.78 is 26.2. The lowest BCUT2D eigenvalue weighted by molar-refractivity contribution is 0.00146. The van der Waals surface area contributed by atoms with E-state index in [1.54, 1.807) is 19.2 Å². The van der Waals surface area contributed by atoms with Gasteiger partial charge in [-0.2, -0.15) is 0 Å². The Hall–Kier alpha value is -2.31. The quantitative estimate of drug-likeness (QED) is 0.537. The van der Waals surface area contributed by atoms with E-state index in [4.69, 9.17) is 9.47 Å². The van der Waals surface area contributed by atoms with Crippen molar-refractivity contribution in [3.63, 3.8) is 0 Å². The van der Waals surface area contributed by atoms with Gasteiger partial charge >= 0.3 is 0 Å². The average molecular weight is 386 g/mol. The van der Waals surface area contributed by atoms with Crippen LogP contribution in [0.25, 0.3) is 0 Å². The molecule has 0 N–H and O–H groups in total. The molecule has 1 atom stereocenters. The Morgan fingerprint density at radius 2 is 2.21 bits per heavy atom. The number of benzene rings is 1. The molecule has 0 amide bonds. The van der Waals surface area contributed by atoms with Crippen molar-refractivity contribution in [3.05, 3.63) is 58.2 Å². The number of rotatable bonds is 7. The molecule has 28 heavy (non-hydrogen) atoms. The molecular weight excluding hydrogens is 359 g/mol. The van der Waals surface area contributed by atoms with Crippen molar-refractivity contribution >= 4 is 6.29 Å². The molecule has 0 spiro atoms. The van der Waals surface area contributed by atoms with Gasteiger partial charge in [-0.25, -0.2) is 4.39 Å². The van der Waals surface area contributed by atoms with Crippen LogP contribution in [0.5, 0.6) is 5.75 Å². The summed E-state index contributed by atoms with van der Waals surface area (Å²) in [5, 5.41) is 0. The Labute approximate surface area is 165 Å². The fourth-order valence-corrected chi connectivity index (χ4v) is 3.38. The van der Waals surface area contributed by atoms with Crippen molar-refractivity contribution in [2.75, 3.05) is 27.0 Å². The van der Waals surface area contributed by atoms with Gasteiger partial charge in [0.15, 0.2) is 17.9 Å². The van der Waals surface area contributed by atoms with E-state index in [1.807, 2.05) is 31.0 Å². The largest absolute Gasteiger partial charge is 0.474 e. The lowest BCUT2D eigenvalue weighted by Gasteiger charge is -2.31. The highest BCUT2D eigenvalue weighted by molar-refractivity contribution is 5.80. The molecule has 0 radical (unpaired) electrons. The lowest BCUT2D eigenvalue weighted by atomic mass is 9.98. The Bertz CT molecular complexity index is 818. The molecule has 150 valence electrons. The first kappa shape index (κ1) is 20.4. The zero-order valence-electron chi connectivity index (χ0n) is 16.7. The van der Waals surface area contributed by atoms with E-state index >= 15 is 4.39 Å². The number of halogens is 1. The fraction of sp³-hybridized carbons (Fsp3) is 0.455. The maximum absolute atomic E-state index is 15.0. The van der Waals surface area contributed by atoms with Crippen LogP contribution in [0.1, 0.15) is 45.6 Å². The van der Waals surface area contributed by atoms with Crippen molar-refractivity contribution in [2.45, 2.75) is 39.2 Å². The van der Waals surface area contributed by atoms with Crippen LogP contribution in [0.15, 0.2) is 24.4 Å². The van der Waals surface area contributed by atoms with Gasteiger partial charge in [-0.05, 0) is 69.0 Å². The van der Waals surface area contributed by atoms with Gasteiger partial charge in [-0.1, -0.05) is 6.07 Å². The van der Waals surface area contributed by atoms with Crippen LogP contribution in [0.4, 0.5) is 4.39 Å². The fourth-order valence-electron chi connectivity index (χ4n) is 3.38. The SMILES string of the molecule is Cc1ccc(Cc2cc(C=O)c(OCN(C)C3CCCOC3)c(F)c2C)cn1. The third-order valence-corrected chi connectivity index (χ3v) is 5.27. The molecule has 3 rings (SSSR count). The van der Waals surface area contributed by atoms with Crippen molar-refractivity contribution in [2.24, 2.45) is 0 Å². The molecule has 2 aromatic rings. The highest BCUT2D eigenvalue weighted by atomic mass is 19.1. The number of aldehydes is 1. The molecule has 0 bridgehead atoms. The van der Waals surface area contributed by atoms with Gasteiger partial charge in [0.1, 0.15) is 6.73 Å². The van der Waals surface area contributed by atoms with Crippen molar-refractivity contribution in [1.82, 2.24) is 9.88 Å². The summed E-state index contributed by atoms with van der Waals surface area (Å²) >= 11 is 0. The molecular formula is C22H27FN2O3. The number of ether oxygens (including phenoxy) is 2. The monoisotopic (exact) mass is 386 g/mol. The number of nitrogens with zero attached hydrogens (tertiary/aromatic N) is 2. The second-order valence-electron chi connectivity index (χ2n) is 7.40. The van der Waals surface area contributed by atoms with E-state index in [-0.39, 0.29) is 24.1 Å². The van der Waals surface area contributed by atoms with Crippen LogP contribution in [-0.2, 0) is 11.2 Å². The minimum absolute atomic E-state index is 0.0156. The minimum atomic E-state index is -0.479. The van der Waals surface area contributed by atoms with E-state index < -0.39 is 5.82 Å². The lowest BCUT2D eigenvalue weighted by Crippen LogP contribution is -2.40. The number of carbonyl (C=O) groups excluding carboxylic acids is 1. The van der Waals surface area contributed by atoms with Crippen molar-refractivity contribution in [1.29, 1.82) is 0 Å². The molecule has 2 heterocycles. The number of hydrogen-bond donors (Lipinski definition) is 0. The Morgan fingerprint density at radius 1 is 1.39 bits per heavy atom. The van der Waals surface area contributed by atoms with Crippen LogP contribution in [0, 0.1) is 19.7 Å². The molecule has 0 saturated carbocycles. The zero-order valence-corrected chi connectivity index (χ0v) is 16.7. The van der Waals surface area contributed by atoms with Crippen LogP contribution >= 0.6 is 0 Å². The molecule has 1 fully saturated rings. The summed E-state index contributed by atoms with van der Waals surface area (Å²) in [7, 11) is 1.92. The van der Waals surface area contributed by atoms with Gasteiger partial charge in [0.05, 0.1) is 12.2 Å². The minimum Gasteiger partial charge on any atom is -0.474 e. The topological polar surface area (TPSA) is 51.7 Å². The molecule has 0 aliphatic carbocycles. The first-order valence-corrected chi connectivity index (χ1v) is 9.59. The highest BCUT2D eigenvalue weighted by Gasteiger charge is 2.21. The Morgan fingerprint density at radius 3 is 2.86 bits per heavy atom. The second kappa shape index (κ2) is 9.26. The molecule has 1 aromatic carbocycles. The first-order chi connectivity index (χ1) is 13.5. The molecule has 1 saturated heterocycles. The third-order valence-electron chi connectivity index (χ3n) is 5.27. The third kappa shape index (κ3) is 4.75. The van der Waals surface area contributed by atoms with E-state index in [1.165, 1.54) is 0 Å². The first-order valence-electron chi connectivity index (χ1n) is 9.59. The Balaban J connectivity index is 1.77. The van der Waals surface area contributed by atoms with Gasteiger partial charge in [-0.15, -0.1) is 0 Å². The van der Waals surface area contributed by atoms with E-state index in [0.717, 1.165) is 36.3 Å². The highest BCUT2D eigenvalue weighted by Crippen LogP contribution is 2.29. The van der Waals surface area contributed by atoms with Gasteiger partial charge in [0.2, 0.25) is 0 Å². The van der Waals surface area contributed by atoms with Gasteiger partial charge in [0.25, 0.3) is 0 Å². The average Bonchev–Trinajstić information content (AvgIpc) is 2.72. The summed E-state index contributed by atoms with van der Waals surface area (Å²) in [5.74, 6) is -0.463. The van der Waals surface area contributed by atoms with E-state index in [9.17, 15) is 4.79 Å². The van der Waals surface area contributed by atoms with Crippen LogP contribution in [0.2, 0.25) is 0 Å². The summed E-state index contributed by atoms with van der Waals surface area (Å²) in [6.45, 7) is 5.26. The molecule has 1 aromatic heterocycles. The standard InChI is InChI=1S/C22H27FN2O3/c1-15-6-7-17(11-24-15)9-18-10-19(12-26)22(21(23)16(18)2)28-14-25(3)20-5-4-8-27-13-20/h6-7,10-12,20H,4-5,8-9,13-14H2,1-3H3. The predicted octanol–water partition coefficient (Wildman–Crippen LogP) is 3.69. The summed E-state index contributed by atoms with van der Waals surface area (Å²) in [5.41, 5.74) is 3.37. The van der Waals surface area contributed by atoms with E-state index in [0.29, 0.717) is 24.9 Å². The summed E-state index contributed by atoms with van der Waals surface area (Å²) in [6.07, 6.45) is 4.96. The van der Waals surface area contributed by atoms with Crippen molar-refractivity contribution < 1.29 is 18.7 Å². The predicted molar refractivity (Wildman–Crippen MR) is 105 cm³/mol. The van der Waals surface area contributed by atoms with Gasteiger partial charge in [-0.3, -0.25) is 14.7 Å². The normalized spacial score (nSPS) is 17.0. The maximum Gasteiger partial charge on any atom is 0.169 e. The number of aryl methyl sites for hydroxylation is 1. The summed E-state index contributed by atoms with van der Waals surface area (Å²) in [6, 6.07) is 5.84. The molecule has 1 aliphatic heterocycles.